The van der Waals surface area contributed by atoms with Gasteiger partial charge < -0.3 is 5.32 Å². The van der Waals surface area contributed by atoms with Crippen LogP contribution in [0.4, 0.5) is 5.69 Å². The minimum Gasteiger partial charge on any atom is -0.378 e. The van der Waals surface area contributed by atoms with Gasteiger partial charge in [0.1, 0.15) is 0 Å². The number of nitrogens with one attached hydrogen (secondary N) is 1. The largest absolute Gasteiger partial charge is 0.378 e. The number of halogens is 1. The fourth-order valence-corrected chi connectivity index (χ4v) is 3.30. The average Bonchev–Trinajstić information content (AvgIpc) is 3.25. The first kappa shape index (κ1) is 18.1. The molecule has 7 nitrogen and oxygen atoms in total. The molecule has 142 valence electrons. The van der Waals surface area contributed by atoms with Gasteiger partial charge in [0.2, 0.25) is 0 Å². The Bertz CT molecular complexity index is 1180. The molecule has 0 atom stereocenters. The van der Waals surface area contributed by atoms with Gasteiger partial charge in [-0.3, -0.25) is 9.48 Å². The molecule has 1 N–H and O–H groups in total. The highest BCUT2D eigenvalue weighted by Gasteiger charge is 2.16. The molecule has 0 unspecified atom stereocenters. The normalized spacial score (nSPS) is 11.0. The van der Waals surface area contributed by atoms with Crippen molar-refractivity contribution in [2.45, 2.75) is 13.5 Å². The molecule has 3 aromatic heterocycles. The number of para-hydroxylation sites is 1. The molecule has 0 bridgehead atoms. The summed E-state index contributed by atoms with van der Waals surface area (Å²) in [7, 11) is 1.88. The van der Waals surface area contributed by atoms with E-state index in [1.54, 1.807) is 40.1 Å². The van der Waals surface area contributed by atoms with Crippen molar-refractivity contribution in [2.75, 3.05) is 5.32 Å². The Balaban J connectivity index is 1.58. The fourth-order valence-electron chi connectivity index (χ4n) is 3.09. The smallest absolute Gasteiger partial charge is 0.276 e. The van der Waals surface area contributed by atoms with E-state index < -0.39 is 0 Å². The minimum atomic E-state index is -0.0427. The van der Waals surface area contributed by atoms with Gasteiger partial charge in [-0.2, -0.15) is 5.10 Å². The molecule has 0 fully saturated rings. The van der Waals surface area contributed by atoms with Gasteiger partial charge in [-0.1, -0.05) is 29.8 Å². The topological polar surface area (TPSA) is 69.7 Å². The zero-order chi connectivity index (χ0) is 19.7. The lowest BCUT2D eigenvalue weighted by molar-refractivity contribution is 0.630. The molecule has 0 aliphatic heterocycles. The SMILES string of the molecule is Cc1c(CNc2cnn(-c3ncccc3Cl)c2)c(=O)n(-c2ccccc2)n1C. The quantitative estimate of drug-likeness (QED) is 0.563. The Hall–Kier alpha value is -3.32. The van der Waals surface area contributed by atoms with E-state index in [-0.39, 0.29) is 5.56 Å². The molecule has 0 aliphatic rings. The Kier molecular flexibility index (Phi) is 4.75. The molecular formula is C20H19ClN6O. The number of pyridine rings is 1. The average molecular weight is 395 g/mol. The van der Waals surface area contributed by atoms with E-state index in [0.29, 0.717) is 22.9 Å². The zero-order valence-corrected chi connectivity index (χ0v) is 16.3. The monoisotopic (exact) mass is 394 g/mol. The zero-order valence-electron chi connectivity index (χ0n) is 15.5. The molecule has 28 heavy (non-hydrogen) atoms. The van der Waals surface area contributed by atoms with E-state index in [9.17, 15) is 4.79 Å². The minimum absolute atomic E-state index is 0.0427. The van der Waals surface area contributed by atoms with Gasteiger partial charge in [-0.05, 0) is 31.2 Å². The van der Waals surface area contributed by atoms with Crippen LogP contribution >= 0.6 is 11.6 Å². The van der Waals surface area contributed by atoms with Gasteiger partial charge in [0.15, 0.2) is 5.82 Å². The van der Waals surface area contributed by atoms with E-state index >= 15 is 0 Å². The lowest BCUT2D eigenvalue weighted by atomic mass is 10.2. The number of benzene rings is 1. The number of hydrogen-bond acceptors (Lipinski definition) is 4. The summed E-state index contributed by atoms with van der Waals surface area (Å²) in [5.41, 5.74) is 3.17. The van der Waals surface area contributed by atoms with Gasteiger partial charge in [-0.25, -0.2) is 14.3 Å². The molecule has 0 amide bonds. The second kappa shape index (κ2) is 7.36. The van der Waals surface area contributed by atoms with Crippen LogP contribution in [0.25, 0.3) is 11.5 Å². The summed E-state index contributed by atoms with van der Waals surface area (Å²) in [5, 5.41) is 8.07. The maximum absolute atomic E-state index is 13.0. The Labute approximate surface area is 166 Å². The number of anilines is 1. The summed E-state index contributed by atoms with van der Waals surface area (Å²) in [6, 6.07) is 13.1. The summed E-state index contributed by atoms with van der Waals surface area (Å²) in [6.45, 7) is 2.33. The van der Waals surface area contributed by atoms with Gasteiger partial charge >= 0.3 is 0 Å². The molecule has 4 rings (SSSR count). The van der Waals surface area contributed by atoms with Gasteiger partial charge in [0, 0.05) is 25.5 Å². The summed E-state index contributed by atoms with van der Waals surface area (Å²) >= 11 is 6.17. The van der Waals surface area contributed by atoms with Crippen LogP contribution in [0.5, 0.6) is 0 Å². The first-order chi connectivity index (χ1) is 13.6. The number of nitrogens with zero attached hydrogens (tertiary/aromatic N) is 5. The van der Waals surface area contributed by atoms with Crippen LogP contribution in [0.15, 0.2) is 65.8 Å². The molecule has 8 heteroatoms. The van der Waals surface area contributed by atoms with Crippen LogP contribution in [-0.4, -0.2) is 24.1 Å². The third-order valence-corrected chi connectivity index (χ3v) is 4.98. The highest BCUT2D eigenvalue weighted by molar-refractivity contribution is 6.32. The van der Waals surface area contributed by atoms with Crippen LogP contribution in [0, 0.1) is 6.92 Å². The maximum Gasteiger partial charge on any atom is 0.276 e. The highest BCUT2D eigenvalue weighted by Crippen LogP contribution is 2.18. The van der Waals surface area contributed by atoms with Crippen molar-refractivity contribution in [2.24, 2.45) is 7.05 Å². The van der Waals surface area contributed by atoms with Crippen molar-refractivity contribution >= 4 is 17.3 Å². The Morgan fingerprint density at radius 3 is 2.68 bits per heavy atom. The third-order valence-electron chi connectivity index (χ3n) is 4.68. The first-order valence-electron chi connectivity index (χ1n) is 8.78. The Morgan fingerprint density at radius 2 is 1.93 bits per heavy atom. The second-order valence-electron chi connectivity index (χ2n) is 6.38. The summed E-state index contributed by atoms with van der Waals surface area (Å²) in [5.74, 6) is 0.555. The first-order valence-corrected chi connectivity index (χ1v) is 9.16. The van der Waals surface area contributed by atoms with E-state index in [1.807, 2.05) is 49.0 Å². The van der Waals surface area contributed by atoms with E-state index in [0.717, 1.165) is 17.1 Å². The van der Waals surface area contributed by atoms with Crippen LogP contribution in [0.3, 0.4) is 0 Å². The van der Waals surface area contributed by atoms with Gasteiger partial charge in [-0.15, -0.1) is 0 Å². The molecule has 0 spiro atoms. The van der Waals surface area contributed by atoms with Crippen LogP contribution < -0.4 is 10.9 Å². The van der Waals surface area contributed by atoms with E-state index in [2.05, 4.69) is 15.4 Å². The molecule has 0 aliphatic carbocycles. The summed E-state index contributed by atoms with van der Waals surface area (Å²) in [6.07, 6.45) is 5.14. The predicted octanol–water partition coefficient (Wildman–Crippen LogP) is 3.33. The fraction of sp³-hybridized carbons (Fsp3) is 0.150. The van der Waals surface area contributed by atoms with E-state index in [4.69, 9.17) is 11.6 Å². The summed E-state index contributed by atoms with van der Waals surface area (Å²) < 4.78 is 5.14. The standard InChI is InChI=1S/C20H19ClN6O/c1-14-17(20(28)27(25(14)2)16-7-4-3-5-8-16)12-23-15-11-24-26(13-15)19-18(21)9-6-10-22-19/h3-11,13,23H,12H2,1-2H3. The molecule has 0 saturated carbocycles. The second-order valence-corrected chi connectivity index (χ2v) is 6.78. The van der Waals surface area contributed by atoms with Crippen molar-refractivity contribution in [3.63, 3.8) is 0 Å². The van der Waals surface area contributed by atoms with Crippen molar-refractivity contribution in [3.8, 4) is 11.5 Å². The summed E-state index contributed by atoms with van der Waals surface area (Å²) in [4.78, 5) is 17.2. The Morgan fingerprint density at radius 1 is 1.14 bits per heavy atom. The lowest BCUT2D eigenvalue weighted by Crippen LogP contribution is -2.21. The van der Waals surface area contributed by atoms with Crippen LogP contribution in [-0.2, 0) is 13.6 Å². The van der Waals surface area contributed by atoms with Crippen molar-refractivity contribution in [3.05, 3.63) is 87.7 Å². The number of rotatable bonds is 5. The molecular weight excluding hydrogens is 376 g/mol. The van der Waals surface area contributed by atoms with Crippen molar-refractivity contribution in [1.29, 1.82) is 0 Å². The third kappa shape index (κ3) is 3.20. The van der Waals surface area contributed by atoms with Crippen molar-refractivity contribution in [1.82, 2.24) is 24.1 Å². The highest BCUT2D eigenvalue weighted by atomic mass is 35.5. The predicted molar refractivity (Wildman–Crippen MR) is 109 cm³/mol. The number of aromatic nitrogens is 5. The molecule has 3 heterocycles. The maximum atomic E-state index is 13.0. The number of hydrogen-bond donors (Lipinski definition) is 1. The molecule has 4 aromatic rings. The van der Waals surface area contributed by atoms with Gasteiger partial charge in [0.05, 0.1) is 34.4 Å². The molecule has 1 aromatic carbocycles. The van der Waals surface area contributed by atoms with Crippen LogP contribution in [0.2, 0.25) is 5.02 Å². The van der Waals surface area contributed by atoms with Gasteiger partial charge in [0.25, 0.3) is 5.56 Å². The van der Waals surface area contributed by atoms with E-state index in [1.165, 1.54) is 0 Å². The molecule has 0 saturated heterocycles. The molecule has 0 radical (unpaired) electrons. The van der Waals surface area contributed by atoms with Crippen LogP contribution in [0.1, 0.15) is 11.3 Å². The lowest BCUT2D eigenvalue weighted by Gasteiger charge is -2.07. The van der Waals surface area contributed by atoms with Crippen molar-refractivity contribution < 1.29 is 0 Å².